The van der Waals surface area contributed by atoms with Crippen molar-refractivity contribution in [1.29, 1.82) is 0 Å². The van der Waals surface area contributed by atoms with Crippen LogP contribution in [0.4, 0.5) is 10.5 Å². The van der Waals surface area contributed by atoms with Crippen LogP contribution in [0.5, 0.6) is 0 Å². The van der Waals surface area contributed by atoms with Crippen LogP contribution in [0.25, 0.3) is 0 Å². The molecule has 0 saturated carbocycles. The highest BCUT2D eigenvalue weighted by atomic mass is 35.5. The van der Waals surface area contributed by atoms with E-state index in [0.29, 0.717) is 11.0 Å². The predicted molar refractivity (Wildman–Crippen MR) is 90.6 cm³/mol. The maximum absolute atomic E-state index is 12.3. The summed E-state index contributed by atoms with van der Waals surface area (Å²) in [6.07, 6.45) is 1.34. The van der Waals surface area contributed by atoms with Gasteiger partial charge in [0.1, 0.15) is 0 Å². The minimum Gasteiger partial charge on any atom is -0.303 e. The lowest BCUT2D eigenvalue weighted by Gasteiger charge is -2.34. The Balaban J connectivity index is 1.77. The van der Waals surface area contributed by atoms with Crippen molar-refractivity contribution in [2.45, 2.75) is 26.1 Å². The second kappa shape index (κ2) is 4.98. The van der Waals surface area contributed by atoms with Gasteiger partial charge in [-0.25, -0.2) is 9.79 Å². The molecule has 24 heavy (non-hydrogen) atoms. The third-order valence-corrected chi connectivity index (χ3v) is 4.98. The number of anilines is 1. The average molecular weight is 346 g/mol. The van der Waals surface area contributed by atoms with Crippen molar-refractivity contribution in [3.63, 3.8) is 0 Å². The first-order valence-electron chi connectivity index (χ1n) is 7.57. The van der Waals surface area contributed by atoms with E-state index < -0.39 is 18.2 Å². The van der Waals surface area contributed by atoms with Gasteiger partial charge in [-0.3, -0.25) is 15.0 Å². The SMILES string of the molecule is CC1=CN2C(=NC3C2C(=O)NC(=O)N3C)N1c1ccc(C)c(Cl)c1. The zero-order valence-electron chi connectivity index (χ0n) is 13.4. The molecule has 0 aliphatic carbocycles. The van der Waals surface area contributed by atoms with Gasteiger partial charge in [-0.05, 0) is 31.5 Å². The van der Waals surface area contributed by atoms with E-state index in [1.165, 1.54) is 4.90 Å². The fourth-order valence-electron chi connectivity index (χ4n) is 3.24. The average Bonchev–Trinajstić information content (AvgIpc) is 3.03. The lowest BCUT2D eigenvalue weighted by molar-refractivity contribution is -0.126. The Morgan fingerprint density at radius 3 is 2.71 bits per heavy atom. The summed E-state index contributed by atoms with van der Waals surface area (Å²) in [5.41, 5.74) is 2.79. The number of fused-ring (bicyclic) bond motifs is 3. The summed E-state index contributed by atoms with van der Waals surface area (Å²) in [6, 6.07) is 4.79. The maximum Gasteiger partial charge on any atom is 0.325 e. The summed E-state index contributed by atoms with van der Waals surface area (Å²) in [5.74, 6) is 0.286. The number of hydrogen-bond donors (Lipinski definition) is 1. The summed E-state index contributed by atoms with van der Waals surface area (Å²) in [5, 5.41) is 3.03. The van der Waals surface area contributed by atoms with Crippen LogP contribution in [0.2, 0.25) is 5.02 Å². The number of likely N-dealkylation sites (N-methyl/N-ethyl adjacent to an activating group) is 1. The molecule has 3 aliphatic rings. The predicted octanol–water partition coefficient (Wildman–Crippen LogP) is 1.88. The number of guanidine groups is 1. The number of nitrogens with one attached hydrogen (secondary N) is 1. The molecular formula is C16H16ClN5O2. The van der Waals surface area contributed by atoms with Gasteiger partial charge in [0.05, 0.1) is 5.69 Å². The molecule has 3 amide bonds. The van der Waals surface area contributed by atoms with Gasteiger partial charge >= 0.3 is 6.03 Å². The highest BCUT2D eigenvalue weighted by Crippen LogP contribution is 2.36. The fraction of sp³-hybridized carbons (Fsp3) is 0.312. The van der Waals surface area contributed by atoms with Crippen molar-refractivity contribution in [1.82, 2.24) is 15.1 Å². The number of rotatable bonds is 1. The molecule has 3 heterocycles. The van der Waals surface area contributed by atoms with E-state index in [1.54, 1.807) is 7.05 Å². The molecule has 2 unspecified atom stereocenters. The number of allylic oxidation sites excluding steroid dienone is 1. The maximum atomic E-state index is 12.3. The molecule has 1 N–H and O–H groups in total. The number of aliphatic imine (C=N–C) groups is 1. The van der Waals surface area contributed by atoms with Crippen LogP contribution in [-0.2, 0) is 4.79 Å². The Morgan fingerprint density at radius 2 is 2.00 bits per heavy atom. The van der Waals surface area contributed by atoms with Crippen LogP contribution in [-0.4, -0.2) is 47.0 Å². The quantitative estimate of drug-likeness (QED) is 0.843. The number of amides is 3. The van der Waals surface area contributed by atoms with Gasteiger partial charge in [-0.1, -0.05) is 17.7 Å². The molecule has 0 aromatic heterocycles. The molecule has 1 aromatic rings. The van der Waals surface area contributed by atoms with Crippen molar-refractivity contribution in [3.05, 3.63) is 40.7 Å². The minimum absolute atomic E-state index is 0.338. The Hall–Kier alpha value is -2.54. The standard InChI is InChI=1S/C16H16ClN5O2/c1-8-4-5-10(6-11(8)17)22-9(2)7-21-12-13(18-15(21)22)20(3)16(24)19-14(12)23/h4-7,12-13H,1-3H3,(H,19,23,24). The molecule has 0 spiro atoms. The van der Waals surface area contributed by atoms with Gasteiger partial charge < -0.3 is 9.80 Å². The number of aryl methyl sites for hydroxylation is 1. The number of carbonyl (C=O) groups excluding carboxylic acids is 2. The van der Waals surface area contributed by atoms with E-state index in [9.17, 15) is 9.59 Å². The Labute approximate surface area is 144 Å². The largest absolute Gasteiger partial charge is 0.325 e. The summed E-state index contributed by atoms with van der Waals surface area (Å²) in [7, 11) is 1.63. The Kier molecular flexibility index (Phi) is 3.11. The summed E-state index contributed by atoms with van der Waals surface area (Å²) >= 11 is 6.25. The Bertz CT molecular complexity index is 834. The number of imide groups is 1. The van der Waals surface area contributed by atoms with Crippen LogP contribution < -0.4 is 10.2 Å². The molecule has 124 valence electrons. The van der Waals surface area contributed by atoms with E-state index >= 15 is 0 Å². The van der Waals surface area contributed by atoms with Crippen LogP contribution in [0, 0.1) is 6.92 Å². The molecule has 0 radical (unpaired) electrons. The molecular weight excluding hydrogens is 330 g/mol. The number of nitrogens with zero attached hydrogens (tertiary/aromatic N) is 4. The number of halogens is 1. The highest BCUT2D eigenvalue weighted by molar-refractivity contribution is 6.31. The molecule has 1 aromatic carbocycles. The molecule has 0 bridgehead atoms. The fourth-order valence-corrected chi connectivity index (χ4v) is 3.41. The van der Waals surface area contributed by atoms with Crippen molar-refractivity contribution in [2.24, 2.45) is 4.99 Å². The van der Waals surface area contributed by atoms with Crippen LogP contribution in [0.3, 0.4) is 0 Å². The molecule has 1 fully saturated rings. The van der Waals surface area contributed by atoms with E-state index in [4.69, 9.17) is 11.6 Å². The topological polar surface area (TPSA) is 68.2 Å². The van der Waals surface area contributed by atoms with Crippen LogP contribution in [0.15, 0.2) is 35.1 Å². The molecule has 3 aliphatic heterocycles. The van der Waals surface area contributed by atoms with E-state index in [1.807, 2.05) is 48.0 Å². The van der Waals surface area contributed by atoms with Gasteiger partial charge in [0, 0.05) is 24.0 Å². The lowest BCUT2D eigenvalue weighted by atomic mass is 10.1. The summed E-state index contributed by atoms with van der Waals surface area (Å²) in [4.78, 5) is 33.9. The first-order valence-corrected chi connectivity index (χ1v) is 7.95. The van der Waals surface area contributed by atoms with Crippen molar-refractivity contribution in [2.75, 3.05) is 11.9 Å². The lowest BCUT2D eigenvalue weighted by Crippen LogP contribution is -2.62. The first kappa shape index (κ1) is 15.0. The van der Waals surface area contributed by atoms with Gasteiger partial charge in [0.2, 0.25) is 5.96 Å². The zero-order valence-corrected chi connectivity index (χ0v) is 14.2. The number of carbonyl (C=O) groups is 2. The molecule has 2 atom stereocenters. The van der Waals surface area contributed by atoms with Gasteiger partial charge in [0.15, 0.2) is 12.2 Å². The smallest absolute Gasteiger partial charge is 0.303 e. The second-order valence-electron chi connectivity index (χ2n) is 6.14. The number of benzene rings is 1. The van der Waals surface area contributed by atoms with E-state index in [2.05, 4.69) is 10.3 Å². The normalized spacial score (nSPS) is 25.4. The van der Waals surface area contributed by atoms with E-state index in [-0.39, 0.29) is 5.91 Å². The van der Waals surface area contributed by atoms with E-state index in [0.717, 1.165) is 16.9 Å². The summed E-state index contributed by atoms with van der Waals surface area (Å²) < 4.78 is 0. The third kappa shape index (κ3) is 1.94. The molecule has 7 nitrogen and oxygen atoms in total. The molecule has 4 rings (SSSR count). The highest BCUT2D eigenvalue weighted by Gasteiger charge is 2.51. The number of hydrogen-bond acceptors (Lipinski definition) is 5. The first-order chi connectivity index (χ1) is 11.4. The zero-order chi connectivity index (χ0) is 17.2. The minimum atomic E-state index is -0.552. The molecule has 1 saturated heterocycles. The summed E-state index contributed by atoms with van der Waals surface area (Å²) in [6.45, 7) is 3.89. The third-order valence-electron chi connectivity index (χ3n) is 4.57. The van der Waals surface area contributed by atoms with Gasteiger partial charge in [0.25, 0.3) is 5.91 Å². The van der Waals surface area contributed by atoms with Crippen LogP contribution in [0.1, 0.15) is 12.5 Å². The second-order valence-corrected chi connectivity index (χ2v) is 6.55. The van der Waals surface area contributed by atoms with Crippen molar-refractivity contribution in [3.8, 4) is 0 Å². The monoisotopic (exact) mass is 345 g/mol. The van der Waals surface area contributed by atoms with Crippen molar-refractivity contribution < 1.29 is 9.59 Å². The van der Waals surface area contributed by atoms with Gasteiger partial charge in [-0.2, -0.15) is 0 Å². The molecule has 8 heteroatoms. The number of urea groups is 1. The van der Waals surface area contributed by atoms with Crippen molar-refractivity contribution >= 4 is 35.2 Å². The van der Waals surface area contributed by atoms with Crippen LogP contribution >= 0.6 is 11.6 Å². The van der Waals surface area contributed by atoms with Gasteiger partial charge in [-0.15, -0.1) is 0 Å². The Morgan fingerprint density at radius 1 is 1.25 bits per heavy atom.